The molecule has 1 aromatic heterocycles. The van der Waals surface area contributed by atoms with Crippen LogP contribution in [0.25, 0.3) is 0 Å². The average molecular weight is 318 g/mol. The third kappa shape index (κ3) is 3.21. The van der Waals surface area contributed by atoms with E-state index >= 15 is 0 Å². The van der Waals surface area contributed by atoms with Gasteiger partial charge >= 0.3 is 0 Å². The van der Waals surface area contributed by atoms with Gasteiger partial charge in [0.25, 0.3) is 5.91 Å². The Morgan fingerprint density at radius 2 is 2.00 bits per heavy atom. The van der Waals surface area contributed by atoms with Crippen molar-refractivity contribution in [1.29, 1.82) is 0 Å². The molecule has 1 amide bonds. The highest BCUT2D eigenvalue weighted by Crippen LogP contribution is 2.34. The second kappa shape index (κ2) is 6.77. The molecule has 3 rings (SSSR count). The Hall–Kier alpha value is -2.11. The van der Waals surface area contributed by atoms with Crippen molar-refractivity contribution in [3.8, 4) is 0 Å². The van der Waals surface area contributed by atoms with Crippen molar-refractivity contribution in [2.45, 2.75) is 0 Å². The Bertz CT molecular complexity index is 658. The lowest BCUT2D eigenvalue weighted by atomic mass is 10.2. The summed E-state index contributed by atoms with van der Waals surface area (Å²) in [6.45, 7) is 2.80. The standard InChI is InChI=1S/C16H16ClN3O2/c17-12-4-3-6-13(15(12)20-8-10-22-11-9-20)19-16(21)14-5-1-2-7-18-14/h1-7H,8-11H2,(H,19,21). The van der Waals surface area contributed by atoms with Crippen LogP contribution in [0.15, 0.2) is 42.6 Å². The number of amides is 1. The summed E-state index contributed by atoms with van der Waals surface area (Å²) >= 11 is 6.34. The van der Waals surface area contributed by atoms with Crippen molar-refractivity contribution in [3.05, 3.63) is 53.3 Å². The van der Waals surface area contributed by atoms with Crippen LogP contribution in [0.2, 0.25) is 5.02 Å². The van der Waals surface area contributed by atoms with E-state index in [1.54, 1.807) is 24.4 Å². The van der Waals surface area contributed by atoms with Crippen LogP contribution in [0, 0.1) is 0 Å². The molecule has 0 aliphatic carbocycles. The molecule has 1 fully saturated rings. The lowest BCUT2D eigenvalue weighted by Crippen LogP contribution is -2.37. The first-order valence-electron chi connectivity index (χ1n) is 7.09. The van der Waals surface area contributed by atoms with Crippen molar-refractivity contribution in [2.75, 3.05) is 36.5 Å². The van der Waals surface area contributed by atoms with Crippen molar-refractivity contribution < 1.29 is 9.53 Å². The Labute approximate surface area is 133 Å². The lowest BCUT2D eigenvalue weighted by Gasteiger charge is -2.31. The number of para-hydroxylation sites is 1. The molecule has 1 aliphatic heterocycles. The van der Waals surface area contributed by atoms with Crippen LogP contribution < -0.4 is 10.2 Å². The van der Waals surface area contributed by atoms with Crippen molar-refractivity contribution in [1.82, 2.24) is 4.98 Å². The monoisotopic (exact) mass is 317 g/mol. The quantitative estimate of drug-likeness (QED) is 0.946. The molecule has 2 heterocycles. The van der Waals surface area contributed by atoms with Gasteiger partial charge < -0.3 is 15.0 Å². The summed E-state index contributed by atoms with van der Waals surface area (Å²) in [6.07, 6.45) is 1.59. The van der Waals surface area contributed by atoms with E-state index in [0.29, 0.717) is 29.6 Å². The molecule has 1 aliphatic rings. The molecule has 0 bridgehead atoms. The van der Waals surface area contributed by atoms with Gasteiger partial charge in [0, 0.05) is 19.3 Å². The number of pyridine rings is 1. The number of hydrogen-bond acceptors (Lipinski definition) is 4. The molecule has 2 aromatic rings. The fraction of sp³-hybridized carbons (Fsp3) is 0.250. The van der Waals surface area contributed by atoms with Gasteiger partial charge in [-0.3, -0.25) is 9.78 Å². The van der Waals surface area contributed by atoms with E-state index in [9.17, 15) is 4.79 Å². The van der Waals surface area contributed by atoms with Crippen molar-refractivity contribution in [2.24, 2.45) is 0 Å². The maximum Gasteiger partial charge on any atom is 0.274 e. The second-order valence-corrected chi connectivity index (χ2v) is 5.31. The number of nitrogens with zero attached hydrogens (tertiary/aromatic N) is 2. The minimum Gasteiger partial charge on any atom is -0.378 e. The molecule has 0 atom stereocenters. The summed E-state index contributed by atoms with van der Waals surface area (Å²) in [5, 5.41) is 3.51. The highest BCUT2D eigenvalue weighted by atomic mass is 35.5. The summed E-state index contributed by atoms with van der Waals surface area (Å²) in [6, 6.07) is 10.7. The van der Waals surface area contributed by atoms with E-state index in [2.05, 4.69) is 15.2 Å². The second-order valence-electron chi connectivity index (χ2n) is 4.90. The number of anilines is 2. The maximum absolute atomic E-state index is 12.3. The molecule has 114 valence electrons. The molecule has 1 aromatic carbocycles. The predicted octanol–water partition coefficient (Wildman–Crippen LogP) is 2.82. The topological polar surface area (TPSA) is 54.5 Å². The van der Waals surface area contributed by atoms with Crippen LogP contribution in [0.3, 0.4) is 0 Å². The SMILES string of the molecule is O=C(Nc1cccc(Cl)c1N1CCOCC1)c1ccccn1. The van der Waals surface area contributed by atoms with Crippen LogP contribution in [0.5, 0.6) is 0 Å². The summed E-state index contributed by atoms with van der Waals surface area (Å²) in [5.41, 5.74) is 1.89. The zero-order valence-corrected chi connectivity index (χ0v) is 12.7. The van der Waals surface area contributed by atoms with E-state index < -0.39 is 0 Å². The average Bonchev–Trinajstić information content (AvgIpc) is 2.56. The molecule has 22 heavy (non-hydrogen) atoms. The number of carbonyl (C=O) groups is 1. The number of ether oxygens (including phenoxy) is 1. The number of halogens is 1. The largest absolute Gasteiger partial charge is 0.378 e. The number of aromatic nitrogens is 1. The zero-order chi connectivity index (χ0) is 15.4. The number of rotatable bonds is 3. The fourth-order valence-electron chi connectivity index (χ4n) is 2.41. The first-order chi connectivity index (χ1) is 10.8. The van der Waals surface area contributed by atoms with Crippen LogP contribution in [0.1, 0.15) is 10.5 Å². The van der Waals surface area contributed by atoms with E-state index in [1.807, 2.05) is 18.2 Å². The number of nitrogens with one attached hydrogen (secondary N) is 1. The Morgan fingerprint density at radius 1 is 1.18 bits per heavy atom. The number of carbonyl (C=O) groups excluding carboxylic acids is 1. The lowest BCUT2D eigenvalue weighted by molar-refractivity contribution is 0.102. The Balaban J connectivity index is 1.87. The first kappa shape index (κ1) is 14.8. The van der Waals surface area contributed by atoms with Crippen LogP contribution in [-0.2, 0) is 4.74 Å². The smallest absolute Gasteiger partial charge is 0.274 e. The molecule has 0 saturated carbocycles. The van der Waals surface area contributed by atoms with E-state index in [1.165, 1.54) is 0 Å². The number of morpholine rings is 1. The summed E-state index contributed by atoms with van der Waals surface area (Å²) in [5.74, 6) is -0.252. The van der Waals surface area contributed by atoms with Gasteiger partial charge in [-0.1, -0.05) is 23.7 Å². The molecule has 5 nitrogen and oxygen atoms in total. The minimum atomic E-state index is -0.252. The van der Waals surface area contributed by atoms with Crippen LogP contribution >= 0.6 is 11.6 Å². The fourth-order valence-corrected chi connectivity index (χ4v) is 2.70. The van der Waals surface area contributed by atoms with Gasteiger partial charge in [-0.2, -0.15) is 0 Å². The van der Waals surface area contributed by atoms with E-state index in [4.69, 9.17) is 16.3 Å². The highest BCUT2D eigenvalue weighted by molar-refractivity contribution is 6.34. The molecular formula is C16H16ClN3O2. The highest BCUT2D eigenvalue weighted by Gasteiger charge is 2.19. The van der Waals surface area contributed by atoms with Crippen molar-refractivity contribution >= 4 is 28.9 Å². The number of benzene rings is 1. The molecule has 0 unspecified atom stereocenters. The van der Waals surface area contributed by atoms with Crippen molar-refractivity contribution in [3.63, 3.8) is 0 Å². The predicted molar refractivity (Wildman–Crippen MR) is 86.7 cm³/mol. The van der Waals surface area contributed by atoms with Gasteiger partial charge in [0.1, 0.15) is 5.69 Å². The van der Waals surface area contributed by atoms with Gasteiger partial charge in [-0.25, -0.2) is 0 Å². The van der Waals surface area contributed by atoms with Gasteiger partial charge in [0.15, 0.2) is 0 Å². The third-order valence-electron chi connectivity index (χ3n) is 3.46. The Kier molecular flexibility index (Phi) is 4.56. The zero-order valence-electron chi connectivity index (χ0n) is 12.0. The van der Waals surface area contributed by atoms with Crippen LogP contribution in [-0.4, -0.2) is 37.2 Å². The summed E-state index contributed by atoms with van der Waals surface area (Å²) < 4.78 is 5.37. The van der Waals surface area contributed by atoms with Gasteiger partial charge in [-0.05, 0) is 24.3 Å². The van der Waals surface area contributed by atoms with E-state index in [0.717, 1.165) is 18.8 Å². The summed E-state index contributed by atoms with van der Waals surface area (Å²) in [4.78, 5) is 18.5. The molecule has 6 heteroatoms. The van der Waals surface area contributed by atoms with Gasteiger partial charge in [-0.15, -0.1) is 0 Å². The molecule has 0 radical (unpaired) electrons. The van der Waals surface area contributed by atoms with Gasteiger partial charge in [0.2, 0.25) is 0 Å². The van der Waals surface area contributed by atoms with E-state index in [-0.39, 0.29) is 5.91 Å². The Morgan fingerprint density at radius 3 is 2.73 bits per heavy atom. The first-order valence-corrected chi connectivity index (χ1v) is 7.47. The third-order valence-corrected chi connectivity index (χ3v) is 3.76. The van der Waals surface area contributed by atoms with Gasteiger partial charge in [0.05, 0.1) is 29.6 Å². The molecule has 0 spiro atoms. The summed E-state index contributed by atoms with van der Waals surface area (Å²) in [7, 11) is 0. The maximum atomic E-state index is 12.3. The molecular weight excluding hydrogens is 302 g/mol. The molecule has 1 saturated heterocycles. The minimum absolute atomic E-state index is 0.252. The van der Waals surface area contributed by atoms with Crippen LogP contribution in [0.4, 0.5) is 11.4 Å². The normalized spacial score (nSPS) is 14.7. The molecule has 1 N–H and O–H groups in total. The number of hydrogen-bond donors (Lipinski definition) is 1.